The second-order valence-electron chi connectivity index (χ2n) is 5.49. The number of hydrogen-bond donors (Lipinski definition) is 1. The number of ether oxygens (including phenoxy) is 1. The molecule has 1 amide bonds. The molecule has 0 aliphatic rings. The predicted octanol–water partition coefficient (Wildman–Crippen LogP) is 2.16. The second kappa shape index (κ2) is 8.76. The Balaban J connectivity index is 2.77. The zero-order valence-electron chi connectivity index (χ0n) is 14.2. The molecule has 0 radical (unpaired) electrons. The molecule has 0 fully saturated rings. The summed E-state index contributed by atoms with van der Waals surface area (Å²) in [6, 6.07) is 7.07. The lowest BCUT2D eigenvalue weighted by Gasteiger charge is -2.24. The van der Waals surface area contributed by atoms with E-state index >= 15 is 0 Å². The van der Waals surface area contributed by atoms with Gasteiger partial charge in [-0.2, -0.15) is 0 Å². The Bertz CT molecular complexity index is 616. The highest BCUT2D eigenvalue weighted by molar-refractivity contribution is 7.92. The maximum atomic E-state index is 12.1. The molecule has 0 saturated carbocycles. The first-order valence-corrected chi connectivity index (χ1v) is 9.54. The number of anilines is 1. The number of nitrogens with one attached hydrogen (secondary N) is 1. The lowest BCUT2D eigenvalue weighted by Crippen LogP contribution is -2.34. The van der Waals surface area contributed by atoms with E-state index in [-0.39, 0.29) is 24.9 Å². The first kappa shape index (κ1) is 19.3. The molecule has 0 heterocycles. The molecule has 0 saturated heterocycles. The van der Waals surface area contributed by atoms with Gasteiger partial charge in [-0.25, -0.2) is 8.42 Å². The van der Waals surface area contributed by atoms with Crippen LogP contribution in [0.2, 0.25) is 0 Å². The lowest BCUT2D eigenvalue weighted by molar-refractivity contribution is -0.121. The number of methoxy groups -OCH3 is 1. The van der Waals surface area contributed by atoms with Crippen LogP contribution in [-0.4, -0.2) is 40.3 Å². The van der Waals surface area contributed by atoms with Gasteiger partial charge in [0.05, 0.1) is 19.1 Å². The average Bonchev–Trinajstić information content (AvgIpc) is 2.50. The van der Waals surface area contributed by atoms with Crippen LogP contribution < -0.4 is 14.4 Å². The zero-order valence-corrected chi connectivity index (χ0v) is 15.0. The zero-order chi connectivity index (χ0) is 17.5. The molecule has 1 aromatic carbocycles. The fourth-order valence-corrected chi connectivity index (χ4v) is 3.10. The summed E-state index contributed by atoms with van der Waals surface area (Å²) in [6.45, 7) is 4.17. The monoisotopic (exact) mass is 342 g/mol. The molecule has 130 valence electrons. The SMILES string of the molecule is CC[C@H](C)NC(=O)CCCN(c1ccccc1OC)S(C)(=O)=O. The highest BCUT2D eigenvalue weighted by Crippen LogP contribution is 2.29. The highest BCUT2D eigenvalue weighted by Gasteiger charge is 2.20. The summed E-state index contributed by atoms with van der Waals surface area (Å²) in [7, 11) is -1.96. The van der Waals surface area contributed by atoms with Crippen molar-refractivity contribution in [3.63, 3.8) is 0 Å². The first-order chi connectivity index (χ1) is 10.8. The molecule has 0 aromatic heterocycles. The quantitative estimate of drug-likeness (QED) is 0.746. The highest BCUT2D eigenvalue weighted by atomic mass is 32.2. The Labute approximate surface area is 138 Å². The van der Waals surface area contributed by atoms with E-state index in [1.165, 1.54) is 11.4 Å². The molecule has 1 atom stereocenters. The van der Waals surface area contributed by atoms with Crippen molar-refractivity contribution in [1.82, 2.24) is 5.32 Å². The van der Waals surface area contributed by atoms with Crippen molar-refractivity contribution < 1.29 is 17.9 Å². The molecule has 1 N–H and O–H groups in total. The van der Waals surface area contributed by atoms with E-state index in [4.69, 9.17) is 4.74 Å². The van der Waals surface area contributed by atoms with Gasteiger partial charge in [0.25, 0.3) is 0 Å². The third-order valence-electron chi connectivity index (χ3n) is 3.54. The predicted molar refractivity (Wildman–Crippen MR) is 92.3 cm³/mol. The van der Waals surface area contributed by atoms with Crippen molar-refractivity contribution >= 4 is 21.6 Å². The maximum Gasteiger partial charge on any atom is 0.232 e. The number of sulfonamides is 1. The van der Waals surface area contributed by atoms with Crippen molar-refractivity contribution in [2.75, 3.05) is 24.2 Å². The molecular formula is C16H26N2O4S. The molecule has 0 unspecified atom stereocenters. The minimum absolute atomic E-state index is 0.0622. The summed E-state index contributed by atoms with van der Waals surface area (Å²) in [6.07, 6.45) is 2.74. The lowest BCUT2D eigenvalue weighted by atomic mass is 10.2. The number of hydrogen-bond acceptors (Lipinski definition) is 4. The molecular weight excluding hydrogens is 316 g/mol. The Kier molecular flexibility index (Phi) is 7.35. The smallest absolute Gasteiger partial charge is 0.232 e. The fraction of sp³-hybridized carbons (Fsp3) is 0.562. The Hall–Kier alpha value is -1.76. The van der Waals surface area contributed by atoms with Crippen LogP contribution in [0.3, 0.4) is 0 Å². The third-order valence-corrected chi connectivity index (χ3v) is 4.72. The number of amides is 1. The molecule has 1 aromatic rings. The van der Waals surface area contributed by atoms with Crippen LogP contribution in [0, 0.1) is 0 Å². The Morgan fingerprint density at radius 2 is 2.00 bits per heavy atom. The van der Waals surface area contributed by atoms with Crippen molar-refractivity contribution in [2.45, 2.75) is 39.2 Å². The summed E-state index contributed by atoms with van der Waals surface area (Å²) < 4.78 is 30.7. The van der Waals surface area contributed by atoms with E-state index in [2.05, 4.69) is 5.32 Å². The van der Waals surface area contributed by atoms with Gasteiger partial charge in [0.2, 0.25) is 15.9 Å². The number of carbonyl (C=O) groups is 1. The average molecular weight is 342 g/mol. The maximum absolute atomic E-state index is 12.1. The van der Waals surface area contributed by atoms with E-state index in [0.717, 1.165) is 12.7 Å². The number of para-hydroxylation sites is 2. The molecule has 1 rings (SSSR count). The molecule has 23 heavy (non-hydrogen) atoms. The van der Waals surface area contributed by atoms with Gasteiger partial charge in [0.1, 0.15) is 5.75 Å². The van der Waals surface area contributed by atoms with E-state index in [0.29, 0.717) is 17.9 Å². The van der Waals surface area contributed by atoms with Crippen molar-refractivity contribution in [2.24, 2.45) is 0 Å². The van der Waals surface area contributed by atoms with Crippen LogP contribution in [0.25, 0.3) is 0 Å². The minimum atomic E-state index is -3.45. The van der Waals surface area contributed by atoms with Gasteiger partial charge in [-0.1, -0.05) is 19.1 Å². The van der Waals surface area contributed by atoms with Gasteiger partial charge in [-0.05, 0) is 31.9 Å². The van der Waals surface area contributed by atoms with Crippen LogP contribution >= 0.6 is 0 Å². The van der Waals surface area contributed by atoms with Crippen LogP contribution in [0.1, 0.15) is 33.1 Å². The van der Waals surface area contributed by atoms with E-state index in [1.54, 1.807) is 24.3 Å². The minimum Gasteiger partial charge on any atom is -0.495 e. The fourth-order valence-electron chi connectivity index (χ4n) is 2.13. The molecule has 6 nitrogen and oxygen atoms in total. The van der Waals surface area contributed by atoms with Crippen LogP contribution in [0.4, 0.5) is 5.69 Å². The van der Waals surface area contributed by atoms with Gasteiger partial charge in [-0.15, -0.1) is 0 Å². The number of nitrogens with zero attached hydrogens (tertiary/aromatic N) is 1. The summed E-state index contributed by atoms with van der Waals surface area (Å²) in [5.41, 5.74) is 0.486. The Morgan fingerprint density at radius 3 is 2.57 bits per heavy atom. The molecule has 7 heteroatoms. The van der Waals surface area contributed by atoms with Gasteiger partial charge >= 0.3 is 0 Å². The van der Waals surface area contributed by atoms with E-state index in [9.17, 15) is 13.2 Å². The topological polar surface area (TPSA) is 75.7 Å². The van der Waals surface area contributed by atoms with E-state index in [1.807, 2.05) is 13.8 Å². The standard InChI is InChI=1S/C16H26N2O4S/c1-5-13(2)17-16(19)11-8-12-18(23(4,20)21)14-9-6-7-10-15(14)22-3/h6-7,9-10,13H,5,8,11-12H2,1-4H3,(H,17,19)/t13-/m0/s1. The van der Waals surface area contributed by atoms with Crippen LogP contribution in [-0.2, 0) is 14.8 Å². The van der Waals surface area contributed by atoms with Gasteiger partial charge in [-0.3, -0.25) is 9.10 Å². The summed E-state index contributed by atoms with van der Waals surface area (Å²) in [5.74, 6) is 0.426. The normalized spacial score (nSPS) is 12.5. The Morgan fingerprint density at radius 1 is 1.35 bits per heavy atom. The third kappa shape index (κ3) is 6.09. The number of carbonyl (C=O) groups excluding carboxylic acids is 1. The van der Waals surface area contributed by atoms with Gasteiger partial charge in [0, 0.05) is 19.0 Å². The molecule has 0 aliphatic carbocycles. The van der Waals surface area contributed by atoms with Crippen molar-refractivity contribution in [3.8, 4) is 5.75 Å². The van der Waals surface area contributed by atoms with Gasteiger partial charge < -0.3 is 10.1 Å². The molecule has 0 spiro atoms. The summed E-state index contributed by atoms with van der Waals surface area (Å²) >= 11 is 0. The summed E-state index contributed by atoms with van der Waals surface area (Å²) in [5, 5.41) is 2.87. The van der Waals surface area contributed by atoms with E-state index < -0.39 is 10.0 Å². The van der Waals surface area contributed by atoms with Crippen molar-refractivity contribution in [1.29, 1.82) is 0 Å². The number of benzene rings is 1. The number of rotatable bonds is 9. The van der Waals surface area contributed by atoms with Crippen LogP contribution in [0.15, 0.2) is 24.3 Å². The molecule has 0 aliphatic heterocycles. The van der Waals surface area contributed by atoms with Crippen molar-refractivity contribution in [3.05, 3.63) is 24.3 Å². The second-order valence-corrected chi connectivity index (χ2v) is 7.39. The summed E-state index contributed by atoms with van der Waals surface area (Å²) in [4.78, 5) is 11.8. The van der Waals surface area contributed by atoms with Gasteiger partial charge in [0.15, 0.2) is 0 Å². The molecule has 0 bridgehead atoms. The van der Waals surface area contributed by atoms with Crippen LogP contribution in [0.5, 0.6) is 5.75 Å². The first-order valence-electron chi connectivity index (χ1n) is 7.69. The largest absolute Gasteiger partial charge is 0.495 e.